The van der Waals surface area contributed by atoms with Gasteiger partial charge in [0.05, 0.1) is 5.02 Å². The van der Waals surface area contributed by atoms with E-state index in [9.17, 15) is 9.90 Å². The predicted molar refractivity (Wildman–Crippen MR) is 73.5 cm³/mol. The third-order valence-electron chi connectivity index (χ3n) is 4.36. The lowest BCUT2D eigenvalue weighted by atomic mass is 9.85. The van der Waals surface area contributed by atoms with E-state index in [0.29, 0.717) is 23.2 Å². The summed E-state index contributed by atoms with van der Waals surface area (Å²) >= 11 is 6.21. The van der Waals surface area contributed by atoms with E-state index in [-0.39, 0.29) is 6.04 Å². The Kier molecular flexibility index (Phi) is 3.35. The Balaban J connectivity index is 1.99. The molecule has 4 nitrogen and oxygen atoms in total. The molecular formula is C14H17ClN2O2. The van der Waals surface area contributed by atoms with E-state index in [4.69, 9.17) is 11.6 Å². The molecule has 2 fully saturated rings. The fraction of sp³-hybridized carbons (Fsp3) is 0.571. The third kappa shape index (κ3) is 2.18. The van der Waals surface area contributed by atoms with Crippen molar-refractivity contribution in [1.29, 1.82) is 0 Å². The number of nitrogens with zero attached hydrogens (tertiary/aromatic N) is 2. The number of aromatic nitrogens is 1. The second kappa shape index (κ2) is 5.00. The molecule has 3 atom stereocenters. The van der Waals surface area contributed by atoms with E-state index in [1.165, 1.54) is 6.42 Å². The molecule has 0 aromatic carbocycles. The zero-order valence-corrected chi connectivity index (χ0v) is 11.4. The first-order chi connectivity index (χ1) is 9.18. The molecule has 102 valence electrons. The molecule has 3 unspecified atom stereocenters. The Bertz CT molecular complexity index is 494. The quantitative estimate of drug-likeness (QED) is 0.905. The van der Waals surface area contributed by atoms with Crippen LogP contribution in [0, 0.1) is 5.92 Å². The minimum absolute atomic E-state index is 0.280. The summed E-state index contributed by atoms with van der Waals surface area (Å²) in [6.45, 7) is 0. The lowest BCUT2D eigenvalue weighted by molar-refractivity contribution is -0.138. The van der Waals surface area contributed by atoms with Crippen LogP contribution in [0.4, 0.5) is 5.82 Å². The van der Waals surface area contributed by atoms with Crippen LogP contribution in [0.1, 0.15) is 32.1 Å². The van der Waals surface area contributed by atoms with Gasteiger partial charge < -0.3 is 10.0 Å². The second-order valence-corrected chi connectivity index (χ2v) is 5.82. The molecule has 0 spiro atoms. The van der Waals surface area contributed by atoms with Crippen LogP contribution in [0.3, 0.4) is 0 Å². The maximum atomic E-state index is 11.5. The molecule has 1 aromatic heterocycles. The van der Waals surface area contributed by atoms with Crippen molar-refractivity contribution in [3.05, 3.63) is 23.4 Å². The van der Waals surface area contributed by atoms with Crippen molar-refractivity contribution in [3.8, 4) is 0 Å². The number of rotatable bonds is 2. The van der Waals surface area contributed by atoms with Gasteiger partial charge in [-0.1, -0.05) is 24.4 Å². The van der Waals surface area contributed by atoms with E-state index in [0.717, 1.165) is 19.3 Å². The van der Waals surface area contributed by atoms with Gasteiger partial charge in [-0.3, -0.25) is 0 Å². The molecule has 1 N–H and O–H groups in total. The van der Waals surface area contributed by atoms with Gasteiger partial charge in [0.15, 0.2) is 0 Å². The first-order valence-electron chi connectivity index (χ1n) is 6.80. The van der Waals surface area contributed by atoms with Gasteiger partial charge in [0.25, 0.3) is 0 Å². The molecule has 0 amide bonds. The monoisotopic (exact) mass is 280 g/mol. The molecule has 1 saturated carbocycles. The largest absolute Gasteiger partial charge is 0.480 e. The second-order valence-electron chi connectivity index (χ2n) is 5.42. The molecule has 2 aliphatic rings. The highest BCUT2D eigenvalue weighted by Crippen LogP contribution is 2.43. The molecule has 1 aliphatic carbocycles. The summed E-state index contributed by atoms with van der Waals surface area (Å²) in [5.74, 6) is 0.329. The Morgan fingerprint density at radius 1 is 1.42 bits per heavy atom. The summed E-state index contributed by atoms with van der Waals surface area (Å²) < 4.78 is 0. The number of carboxylic acid groups (broad SMARTS) is 1. The molecule has 5 heteroatoms. The van der Waals surface area contributed by atoms with Crippen molar-refractivity contribution < 1.29 is 9.90 Å². The first kappa shape index (κ1) is 12.7. The summed E-state index contributed by atoms with van der Waals surface area (Å²) in [4.78, 5) is 17.8. The number of hydrogen-bond donors (Lipinski definition) is 1. The molecule has 19 heavy (non-hydrogen) atoms. The third-order valence-corrected chi connectivity index (χ3v) is 4.65. The normalized spacial score (nSPS) is 30.2. The van der Waals surface area contributed by atoms with Gasteiger partial charge in [0, 0.05) is 12.2 Å². The first-order valence-corrected chi connectivity index (χ1v) is 7.18. The van der Waals surface area contributed by atoms with E-state index in [1.807, 2.05) is 4.90 Å². The van der Waals surface area contributed by atoms with Gasteiger partial charge in [-0.15, -0.1) is 0 Å². The van der Waals surface area contributed by atoms with Gasteiger partial charge in [0.1, 0.15) is 11.9 Å². The molecule has 0 bridgehead atoms. The molecule has 1 aromatic rings. The average molecular weight is 281 g/mol. The molecule has 2 heterocycles. The summed E-state index contributed by atoms with van der Waals surface area (Å²) in [5, 5.41) is 10.0. The van der Waals surface area contributed by atoms with E-state index in [1.54, 1.807) is 18.3 Å². The van der Waals surface area contributed by atoms with Crippen LogP contribution in [-0.2, 0) is 4.79 Å². The van der Waals surface area contributed by atoms with Crippen molar-refractivity contribution >= 4 is 23.4 Å². The molecular weight excluding hydrogens is 264 g/mol. The van der Waals surface area contributed by atoms with Gasteiger partial charge in [-0.2, -0.15) is 0 Å². The number of aliphatic carboxylic acids is 1. The number of halogens is 1. The van der Waals surface area contributed by atoms with Crippen LogP contribution < -0.4 is 4.90 Å². The standard InChI is InChI=1S/C14H17ClN2O2/c15-10-5-3-7-16-13(10)17-11-6-2-1-4-9(11)8-12(17)14(18)19/h3,5,7,9,11-12H,1-2,4,6,8H2,(H,18,19). The van der Waals surface area contributed by atoms with Crippen molar-refractivity contribution in [1.82, 2.24) is 4.98 Å². The van der Waals surface area contributed by atoms with Crippen molar-refractivity contribution in [2.45, 2.75) is 44.2 Å². The van der Waals surface area contributed by atoms with Gasteiger partial charge >= 0.3 is 5.97 Å². The average Bonchev–Trinajstić information content (AvgIpc) is 2.79. The Hall–Kier alpha value is -1.29. The van der Waals surface area contributed by atoms with Crippen molar-refractivity contribution in [2.75, 3.05) is 4.90 Å². The highest BCUT2D eigenvalue weighted by Gasteiger charge is 2.46. The van der Waals surface area contributed by atoms with Crippen LogP contribution >= 0.6 is 11.6 Å². The fourth-order valence-electron chi connectivity index (χ4n) is 3.55. The van der Waals surface area contributed by atoms with E-state index in [2.05, 4.69) is 4.98 Å². The van der Waals surface area contributed by atoms with Gasteiger partial charge in [-0.05, 0) is 37.3 Å². The predicted octanol–water partition coefficient (Wildman–Crippen LogP) is 2.96. The van der Waals surface area contributed by atoms with Crippen molar-refractivity contribution in [3.63, 3.8) is 0 Å². The summed E-state index contributed by atoms with van der Waals surface area (Å²) in [7, 11) is 0. The smallest absolute Gasteiger partial charge is 0.326 e. The summed E-state index contributed by atoms with van der Waals surface area (Å²) in [6, 6.07) is 3.34. The highest BCUT2D eigenvalue weighted by atomic mass is 35.5. The fourth-order valence-corrected chi connectivity index (χ4v) is 3.77. The number of pyridine rings is 1. The van der Waals surface area contributed by atoms with Crippen LogP contribution in [0.5, 0.6) is 0 Å². The number of fused-ring (bicyclic) bond motifs is 1. The van der Waals surface area contributed by atoms with Gasteiger partial charge in [-0.25, -0.2) is 9.78 Å². The lowest BCUT2D eigenvalue weighted by Gasteiger charge is -2.34. The molecule has 1 aliphatic heterocycles. The Morgan fingerprint density at radius 3 is 2.95 bits per heavy atom. The molecule has 0 radical (unpaired) electrons. The number of carboxylic acids is 1. The van der Waals surface area contributed by atoms with E-state index < -0.39 is 12.0 Å². The number of carbonyl (C=O) groups is 1. The van der Waals surface area contributed by atoms with Gasteiger partial charge in [0.2, 0.25) is 0 Å². The zero-order valence-electron chi connectivity index (χ0n) is 10.6. The minimum atomic E-state index is -0.767. The molecule has 1 saturated heterocycles. The van der Waals surface area contributed by atoms with Crippen LogP contribution in [0.15, 0.2) is 18.3 Å². The summed E-state index contributed by atoms with van der Waals surface area (Å²) in [6.07, 6.45) is 6.92. The van der Waals surface area contributed by atoms with Crippen LogP contribution in [-0.4, -0.2) is 28.1 Å². The Morgan fingerprint density at radius 2 is 2.21 bits per heavy atom. The van der Waals surface area contributed by atoms with Crippen LogP contribution in [0.2, 0.25) is 5.02 Å². The Labute approximate surface area is 117 Å². The number of anilines is 1. The SMILES string of the molecule is O=C(O)C1CC2CCCCC2N1c1ncccc1Cl. The highest BCUT2D eigenvalue weighted by molar-refractivity contribution is 6.33. The lowest BCUT2D eigenvalue weighted by Crippen LogP contribution is -2.43. The number of hydrogen-bond acceptors (Lipinski definition) is 3. The maximum Gasteiger partial charge on any atom is 0.326 e. The summed E-state index contributed by atoms with van der Waals surface area (Å²) in [5.41, 5.74) is 0. The van der Waals surface area contributed by atoms with E-state index >= 15 is 0 Å². The molecule has 3 rings (SSSR count). The van der Waals surface area contributed by atoms with Crippen LogP contribution in [0.25, 0.3) is 0 Å². The topological polar surface area (TPSA) is 53.4 Å². The zero-order chi connectivity index (χ0) is 13.4. The van der Waals surface area contributed by atoms with Crippen molar-refractivity contribution in [2.24, 2.45) is 5.92 Å². The minimum Gasteiger partial charge on any atom is -0.480 e. The maximum absolute atomic E-state index is 11.5.